The van der Waals surface area contributed by atoms with Crippen molar-refractivity contribution in [3.8, 4) is 0 Å². The van der Waals surface area contributed by atoms with Crippen LogP contribution in [0.1, 0.15) is 63.4 Å². The highest BCUT2D eigenvalue weighted by molar-refractivity contribution is 5.25. The summed E-state index contributed by atoms with van der Waals surface area (Å²) in [5.41, 5.74) is 3.73. The minimum absolute atomic E-state index is 0.0283. The van der Waals surface area contributed by atoms with E-state index in [2.05, 4.69) is 44.6 Å². The zero-order valence-electron chi connectivity index (χ0n) is 14.2. The molecule has 1 aromatic rings. The van der Waals surface area contributed by atoms with Gasteiger partial charge in [-0.25, -0.2) is 0 Å². The molecule has 21 heavy (non-hydrogen) atoms. The van der Waals surface area contributed by atoms with E-state index in [1.807, 2.05) is 0 Å². The molecular formula is C17H31N3O. The number of aromatic nitrogens is 2. The van der Waals surface area contributed by atoms with Gasteiger partial charge in [-0.2, -0.15) is 5.10 Å². The van der Waals surface area contributed by atoms with Crippen molar-refractivity contribution < 1.29 is 5.11 Å². The Labute approximate surface area is 128 Å². The second kappa shape index (κ2) is 6.49. The highest BCUT2D eigenvalue weighted by Gasteiger charge is 2.22. The van der Waals surface area contributed by atoms with E-state index in [1.54, 1.807) is 0 Å². The van der Waals surface area contributed by atoms with Crippen LogP contribution < -0.4 is 5.32 Å². The number of hydrogen-bond acceptors (Lipinski definition) is 3. The zero-order chi connectivity index (χ0) is 15.6. The first kappa shape index (κ1) is 16.5. The Morgan fingerprint density at radius 3 is 2.57 bits per heavy atom. The first-order valence-corrected chi connectivity index (χ1v) is 8.23. The summed E-state index contributed by atoms with van der Waals surface area (Å²) in [6, 6.07) is 0. The number of aryl methyl sites for hydroxylation is 1. The summed E-state index contributed by atoms with van der Waals surface area (Å²) in [4.78, 5) is 0. The van der Waals surface area contributed by atoms with Crippen LogP contribution in [0, 0.1) is 19.8 Å². The van der Waals surface area contributed by atoms with Gasteiger partial charge >= 0.3 is 0 Å². The largest absolute Gasteiger partial charge is 0.393 e. The van der Waals surface area contributed by atoms with Gasteiger partial charge in [0.2, 0.25) is 0 Å². The van der Waals surface area contributed by atoms with Gasteiger partial charge < -0.3 is 10.4 Å². The molecule has 4 nitrogen and oxygen atoms in total. The second-order valence-corrected chi connectivity index (χ2v) is 7.55. The van der Waals surface area contributed by atoms with E-state index in [9.17, 15) is 5.11 Å². The molecule has 2 rings (SSSR count). The van der Waals surface area contributed by atoms with Crippen LogP contribution in [0.4, 0.5) is 0 Å². The van der Waals surface area contributed by atoms with E-state index in [-0.39, 0.29) is 11.6 Å². The van der Waals surface area contributed by atoms with Crippen LogP contribution in [0.25, 0.3) is 0 Å². The number of nitrogens with zero attached hydrogens (tertiary/aromatic N) is 2. The van der Waals surface area contributed by atoms with Gasteiger partial charge in [0.05, 0.1) is 17.3 Å². The quantitative estimate of drug-likeness (QED) is 0.897. The van der Waals surface area contributed by atoms with Gasteiger partial charge in [-0.05, 0) is 66.3 Å². The maximum Gasteiger partial charge on any atom is 0.0641 e. The monoisotopic (exact) mass is 293 g/mol. The Morgan fingerprint density at radius 1 is 1.29 bits per heavy atom. The number of aliphatic hydroxyl groups is 1. The molecule has 1 fully saturated rings. The number of hydrogen-bond donors (Lipinski definition) is 2. The molecule has 1 saturated carbocycles. The fourth-order valence-corrected chi connectivity index (χ4v) is 3.43. The third kappa shape index (κ3) is 4.07. The average Bonchev–Trinajstić information content (AvgIpc) is 2.66. The van der Waals surface area contributed by atoms with Crippen molar-refractivity contribution in [2.75, 3.05) is 6.54 Å². The molecule has 120 valence electrons. The Kier molecular flexibility index (Phi) is 5.10. The van der Waals surface area contributed by atoms with Crippen LogP contribution >= 0.6 is 0 Å². The van der Waals surface area contributed by atoms with E-state index in [4.69, 9.17) is 5.10 Å². The fourth-order valence-electron chi connectivity index (χ4n) is 3.43. The Hall–Kier alpha value is -0.870. The smallest absolute Gasteiger partial charge is 0.0641 e. The summed E-state index contributed by atoms with van der Waals surface area (Å²) < 4.78 is 2.13. The minimum Gasteiger partial charge on any atom is -0.393 e. The van der Waals surface area contributed by atoms with Crippen molar-refractivity contribution in [2.24, 2.45) is 5.92 Å². The third-order valence-electron chi connectivity index (χ3n) is 4.57. The van der Waals surface area contributed by atoms with Gasteiger partial charge in [-0.3, -0.25) is 4.68 Å². The number of aliphatic hydroxyl groups excluding tert-OH is 1. The normalized spacial score (nSPS) is 23.5. The summed E-state index contributed by atoms with van der Waals surface area (Å²) in [6.45, 7) is 12.7. The lowest BCUT2D eigenvalue weighted by Gasteiger charge is -2.26. The highest BCUT2D eigenvalue weighted by Crippen LogP contribution is 2.24. The standard InChI is InChI=1S/C17H31N3O/c1-12-16(13(2)20(19-12)17(3,4)5)11-18-10-14-7-6-8-15(21)9-14/h14-15,18,21H,6-11H2,1-5H3. The van der Waals surface area contributed by atoms with E-state index in [0.29, 0.717) is 5.92 Å². The van der Waals surface area contributed by atoms with Crippen molar-refractivity contribution >= 4 is 0 Å². The van der Waals surface area contributed by atoms with Crippen LogP contribution in [0.2, 0.25) is 0 Å². The van der Waals surface area contributed by atoms with Gasteiger partial charge in [-0.15, -0.1) is 0 Å². The van der Waals surface area contributed by atoms with Crippen LogP contribution in [-0.4, -0.2) is 27.5 Å². The molecule has 0 aromatic carbocycles. The molecule has 1 heterocycles. The average molecular weight is 293 g/mol. The summed E-state index contributed by atoms with van der Waals surface area (Å²) in [5, 5.41) is 18.0. The lowest BCUT2D eigenvalue weighted by atomic mass is 9.87. The van der Waals surface area contributed by atoms with Crippen molar-refractivity contribution in [2.45, 2.75) is 78.5 Å². The summed E-state index contributed by atoms with van der Waals surface area (Å²) in [6.07, 6.45) is 4.24. The predicted octanol–water partition coefficient (Wildman–Crippen LogP) is 2.90. The molecule has 0 amide bonds. The van der Waals surface area contributed by atoms with Gasteiger partial charge in [0.25, 0.3) is 0 Å². The van der Waals surface area contributed by atoms with Crippen molar-refractivity contribution in [3.05, 3.63) is 17.0 Å². The summed E-state index contributed by atoms with van der Waals surface area (Å²) >= 11 is 0. The lowest BCUT2D eigenvalue weighted by molar-refractivity contribution is 0.101. The lowest BCUT2D eigenvalue weighted by Crippen LogP contribution is -2.29. The maximum absolute atomic E-state index is 9.74. The van der Waals surface area contributed by atoms with Crippen LogP contribution in [0.3, 0.4) is 0 Å². The van der Waals surface area contributed by atoms with E-state index in [0.717, 1.165) is 38.0 Å². The van der Waals surface area contributed by atoms with Gasteiger partial charge in [0.15, 0.2) is 0 Å². The molecular weight excluding hydrogens is 262 g/mol. The molecule has 1 aliphatic carbocycles. The fraction of sp³-hybridized carbons (Fsp3) is 0.824. The molecule has 0 spiro atoms. The molecule has 1 aliphatic rings. The van der Waals surface area contributed by atoms with E-state index < -0.39 is 0 Å². The Balaban J connectivity index is 1.93. The van der Waals surface area contributed by atoms with E-state index >= 15 is 0 Å². The van der Waals surface area contributed by atoms with Crippen molar-refractivity contribution in [3.63, 3.8) is 0 Å². The number of nitrogens with one attached hydrogen (secondary N) is 1. The molecule has 0 saturated heterocycles. The van der Waals surface area contributed by atoms with Crippen LogP contribution in [0.15, 0.2) is 0 Å². The SMILES string of the molecule is Cc1nn(C(C)(C)C)c(C)c1CNCC1CCCC(O)C1. The highest BCUT2D eigenvalue weighted by atomic mass is 16.3. The molecule has 0 radical (unpaired) electrons. The molecule has 0 bridgehead atoms. The Morgan fingerprint density at radius 2 is 2.00 bits per heavy atom. The van der Waals surface area contributed by atoms with Gasteiger partial charge in [0.1, 0.15) is 0 Å². The second-order valence-electron chi connectivity index (χ2n) is 7.55. The topological polar surface area (TPSA) is 50.1 Å². The van der Waals surface area contributed by atoms with Crippen LogP contribution in [0.5, 0.6) is 0 Å². The molecule has 2 atom stereocenters. The molecule has 4 heteroatoms. The maximum atomic E-state index is 9.74. The predicted molar refractivity (Wildman–Crippen MR) is 86.4 cm³/mol. The van der Waals surface area contributed by atoms with E-state index in [1.165, 1.54) is 17.7 Å². The van der Waals surface area contributed by atoms with Crippen molar-refractivity contribution in [1.82, 2.24) is 15.1 Å². The van der Waals surface area contributed by atoms with Gasteiger partial charge in [0, 0.05) is 17.8 Å². The summed E-state index contributed by atoms with van der Waals surface area (Å²) in [5.74, 6) is 0.618. The molecule has 2 N–H and O–H groups in total. The van der Waals surface area contributed by atoms with Gasteiger partial charge in [-0.1, -0.05) is 6.42 Å². The first-order valence-electron chi connectivity index (χ1n) is 8.23. The first-order chi connectivity index (χ1) is 9.79. The Bertz CT molecular complexity index is 473. The summed E-state index contributed by atoms with van der Waals surface area (Å²) in [7, 11) is 0. The zero-order valence-corrected chi connectivity index (χ0v) is 14.2. The molecule has 0 aliphatic heterocycles. The molecule has 2 unspecified atom stereocenters. The van der Waals surface area contributed by atoms with Crippen LogP contribution in [-0.2, 0) is 12.1 Å². The molecule has 1 aromatic heterocycles. The third-order valence-corrected chi connectivity index (χ3v) is 4.57. The van der Waals surface area contributed by atoms with Crippen molar-refractivity contribution in [1.29, 1.82) is 0 Å². The number of rotatable bonds is 4. The minimum atomic E-state index is -0.0855.